The SMILES string of the molecule is CCOc1c(Cl)cc(C(=O)OCC(=O)N2CCC(C(N)=O)CC2)cc1OC. The molecule has 9 heteroatoms. The molecule has 0 unspecified atom stereocenters. The summed E-state index contributed by atoms with van der Waals surface area (Å²) in [5.41, 5.74) is 5.43. The number of carbonyl (C=O) groups excluding carboxylic acids is 3. The molecule has 1 fully saturated rings. The largest absolute Gasteiger partial charge is 0.493 e. The first-order valence-electron chi connectivity index (χ1n) is 8.61. The van der Waals surface area contributed by atoms with Crippen molar-refractivity contribution in [2.24, 2.45) is 11.7 Å². The van der Waals surface area contributed by atoms with Gasteiger partial charge in [-0.1, -0.05) is 11.6 Å². The predicted octanol–water partition coefficient (Wildman–Crippen LogP) is 1.63. The highest BCUT2D eigenvalue weighted by Gasteiger charge is 2.26. The normalized spacial score (nSPS) is 14.6. The van der Waals surface area contributed by atoms with Crippen LogP contribution in [0.1, 0.15) is 30.1 Å². The summed E-state index contributed by atoms with van der Waals surface area (Å²) >= 11 is 6.13. The highest BCUT2D eigenvalue weighted by Crippen LogP contribution is 2.36. The van der Waals surface area contributed by atoms with Gasteiger partial charge in [-0.05, 0) is 31.9 Å². The van der Waals surface area contributed by atoms with Gasteiger partial charge in [0, 0.05) is 19.0 Å². The first kappa shape index (κ1) is 20.8. The average molecular weight is 399 g/mol. The predicted molar refractivity (Wildman–Crippen MR) is 98.0 cm³/mol. The molecule has 1 saturated heterocycles. The maximum Gasteiger partial charge on any atom is 0.338 e. The van der Waals surface area contributed by atoms with Gasteiger partial charge in [-0.2, -0.15) is 0 Å². The average Bonchev–Trinajstić information content (AvgIpc) is 2.67. The lowest BCUT2D eigenvalue weighted by molar-refractivity contribution is -0.137. The highest BCUT2D eigenvalue weighted by atomic mass is 35.5. The number of ether oxygens (including phenoxy) is 3. The maximum absolute atomic E-state index is 12.3. The van der Waals surface area contributed by atoms with Gasteiger partial charge in [0.15, 0.2) is 18.1 Å². The Bertz CT molecular complexity index is 716. The van der Waals surface area contributed by atoms with Crippen LogP contribution in [0.3, 0.4) is 0 Å². The number of hydrogen-bond donors (Lipinski definition) is 1. The van der Waals surface area contributed by atoms with E-state index in [2.05, 4.69) is 0 Å². The Balaban J connectivity index is 1.95. The third-order valence-electron chi connectivity index (χ3n) is 4.33. The van der Waals surface area contributed by atoms with Gasteiger partial charge in [-0.15, -0.1) is 0 Å². The number of esters is 1. The standard InChI is InChI=1S/C18H23ClN2O6/c1-3-26-16-13(19)8-12(9-14(16)25-2)18(24)27-10-15(22)21-6-4-11(5-7-21)17(20)23/h8-9,11H,3-7,10H2,1-2H3,(H2,20,23). The van der Waals surface area contributed by atoms with Gasteiger partial charge in [-0.25, -0.2) is 4.79 Å². The van der Waals surface area contributed by atoms with Crippen molar-refractivity contribution >= 4 is 29.4 Å². The lowest BCUT2D eigenvalue weighted by Crippen LogP contribution is -2.43. The van der Waals surface area contributed by atoms with Crippen molar-refractivity contribution in [3.8, 4) is 11.5 Å². The number of nitrogens with two attached hydrogens (primary N) is 1. The number of amides is 2. The lowest BCUT2D eigenvalue weighted by Gasteiger charge is -2.30. The topological polar surface area (TPSA) is 108 Å². The van der Waals surface area contributed by atoms with E-state index in [-0.39, 0.29) is 28.3 Å². The first-order valence-corrected chi connectivity index (χ1v) is 8.99. The fourth-order valence-corrected chi connectivity index (χ4v) is 3.10. The molecule has 1 aromatic carbocycles. The van der Waals surface area contributed by atoms with Crippen molar-refractivity contribution in [2.45, 2.75) is 19.8 Å². The van der Waals surface area contributed by atoms with Crippen molar-refractivity contribution in [2.75, 3.05) is 33.4 Å². The quantitative estimate of drug-likeness (QED) is 0.699. The molecule has 0 spiro atoms. The summed E-state index contributed by atoms with van der Waals surface area (Å²) in [6.45, 7) is 2.61. The highest BCUT2D eigenvalue weighted by molar-refractivity contribution is 6.32. The van der Waals surface area contributed by atoms with Gasteiger partial charge in [-0.3, -0.25) is 9.59 Å². The minimum Gasteiger partial charge on any atom is -0.493 e. The van der Waals surface area contributed by atoms with Gasteiger partial charge >= 0.3 is 5.97 Å². The fourth-order valence-electron chi connectivity index (χ4n) is 2.84. The summed E-state index contributed by atoms with van der Waals surface area (Å²) in [5, 5.41) is 0.211. The van der Waals surface area contributed by atoms with Crippen LogP contribution in [0.25, 0.3) is 0 Å². The maximum atomic E-state index is 12.3. The Morgan fingerprint density at radius 3 is 2.48 bits per heavy atom. The Labute approximate surface area is 162 Å². The van der Waals surface area contributed by atoms with Crippen LogP contribution < -0.4 is 15.2 Å². The van der Waals surface area contributed by atoms with Crippen molar-refractivity contribution in [1.82, 2.24) is 4.90 Å². The summed E-state index contributed by atoms with van der Waals surface area (Å²) < 4.78 is 15.7. The third kappa shape index (κ3) is 5.26. The summed E-state index contributed by atoms with van der Waals surface area (Å²) in [4.78, 5) is 37.2. The number of likely N-dealkylation sites (tertiary alicyclic amines) is 1. The number of nitrogens with zero attached hydrogens (tertiary/aromatic N) is 1. The van der Waals surface area contributed by atoms with E-state index in [4.69, 9.17) is 31.5 Å². The van der Waals surface area contributed by atoms with E-state index in [9.17, 15) is 14.4 Å². The molecule has 0 saturated carbocycles. The van der Waals surface area contributed by atoms with E-state index >= 15 is 0 Å². The van der Waals surface area contributed by atoms with Crippen molar-refractivity contribution < 1.29 is 28.6 Å². The van der Waals surface area contributed by atoms with Gasteiger partial charge in [0.1, 0.15) is 0 Å². The van der Waals surface area contributed by atoms with E-state index < -0.39 is 12.6 Å². The summed E-state index contributed by atoms with van der Waals surface area (Å²) in [6.07, 6.45) is 1.03. The van der Waals surface area contributed by atoms with Crippen LogP contribution >= 0.6 is 11.6 Å². The van der Waals surface area contributed by atoms with Crippen LogP contribution in [-0.2, 0) is 14.3 Å². The summed E-state index contributed by atoms with van der Waals surface area (Å²) in [5.74, 6) is -0.943. The second-order valence-corrected chi connectivity index (χ2v) is 6.46. The smallest absolute Gasteiger partial charge is 0.338 e. The van der Waals surface area contributed by atoms with Gasteiger partial charge < -0.3 is 24.8 Å². The number of hydrogen-bond acceptors (Lipinski definition) is 6. The zero-order valence-electron chi connectivity index (χ0n) is 15.3. The van der Waals surface area contributed by atoms with Crippen LogP contribution in [0, 0.1) is 5.92 Å². The number of primary amides is 1. The number of rotatable bonds is 7. The molecular formula is C18H23ClN2O6. The number of benzene rings is 1. The molecule has 148 valence electrons. The molecule has 1 aliphatic heterocycles. The monoisotopic (exact) mass is 398 g/mol. The van der Waals surface area contributed by atoms with Crippen molar-refractivity contribution in [3.05, 3.63) is 22.7 Å². The Kier molecular flexibility index (Phi) is 7.29. The van der Waals surface area contributed by atoms with E-state index in [0.29, 0.717) is 44.0 Å². The molecular weight excluding hydrogens is 376 g/mol. The Morgan fingerprint density at radius 1 is 1.26 bits per heavy atom. The van der Waals surface area contributed by atoms with Crippen molar-refractivity contribution in [3.63, 3.8) is 0 Å². The number of carbonyl (C=O) groups is 3. The molecule has 1 aromatic rings. The fraction of sp³-hybridized carbons (Fsp3) is 0.500. The molecule has 27 heavy (non-hydrogen) atoms. The second-order valence-electron chi connectivity index (χ2n) is 6.06. The van der Waals surface area contributed by atoms with Crippen LogP contribution in [0.5, 0.6) is 11.5 Å². The molecule has 0 aromatic heterocycles. The van der Waals surface area contributed by atoms with E-state index in [1.54, 1.807) is 11.8 Å². The van der Waals surface area contributed by atoms with Crippen LogP contribution in [0.2, 0.25) is 5.02 Å². The molecule has 2 rings (SSSR count). The molecule has 1 aliphatic rings. The van der Waals surface area contributed by atoms with E-state index in [1.807, 2.05) is 0 Å². The summed E-state index contributed by atoms with van der Waals surface area (Å²) in [7, 11) is 1.43. The zero-order chi connectivity index (χ0) is 20.0. The van der Waals surface area contributed by atoms with E-state index in [1.165, 1.54) is 19.2 Å². The lowest BCUT2D eigenvalue weighted by atomic mass is 9.96. The first-order chi connectivity index (χ1) is 12.9. The number of piperidine rings is 1. The zero-order valence-corrected chi connectivity index (χ0v) is 16.1. The van der Waals surface area contributed by atoms with Crippen molar-refractivity contribution in [1.29, 1.82) is 0 Å². The molecule has 0 atom stereocenters. The molecule has 0 radical (unpaired) electrons. The van der Waals surface area contributed by atoms with Crippen LogP contribution in [0.15, 0.2) is 12.1 Å². The molecule has 1 heterocycles. The van der Waals surface area contributed by atoms with Crippen LogP contribution in [0.4, 0.5) is 0 Å². The number of halogens is 1. The van der Waals surface area contributed by atoms with Gasteiger partial charge in [0.2, 0.25) is 5.91 Å². The minimum atomic E-state index is -0.696. The molecule has 0 aliphatic carbocycles. The Hall–Kier alpha value is -2.48. The van der Waals surface area contributed by atoms with Gasteiger partial charge in [0.25, 0.3) is 5.91 Å². The molecule has 0 bridgehead atoms. The molecule has 2 N–H and O–H groups in total. The minimum absolute atomic E-state index is 0.153. The van der Waals surface area contributed by atoms with Crippen LogP contribution in [-0.4, -0.2) is 56.1 Å². The van der Waals surface area contributed by atoms with Gasteiger partial charge in [0.05, 0.1) is 24.3 Å². The second kappa shape index (κ2) is 9.45. The molecule has 8 nitrogen and oxygen atoms in total. The summed E-state index contributed by atoms with van der Waals surface area (Å²) in [6, 6.07) is 2.85. The number of methoxy groups -OCH3 is 1. The third-order valence-corrected chi connectivity index (χ3v) is 4.61. The molecule has 2 amide bonds. The Morgan fingerprint density at radius 2 is 1.93 bits per heavy atom. The van der Waals surface area contributed by atoms with E-state index in [0.717, 1.165) is 0 Å².